The van der Waals surface area contributed by atoms with Crippen LogP contribution in [0.25, 0.3) is 0 Å². The second kappa shape index (κ2) is 6.89. The van der Waals surface area contributed by atoms with Gasteiger partial charge in [-0.25, -0.2) is 9.79 Å². The number of ketones is 1. The van der Waals surface area contributed by atoms with E-state index in [1.165, 1.54) is 0 Å². The topological polar surface area (TPSA) is 78.8 Å². The highest BCUT2D eigenvalue weighted by Crippen LogP contribution is 2.32. The Hall–Kier alpha value is -2.95. The van der Waals surface area contributed by atoms with Crippen LogP contribution in [0, 0.1) is 12.8 Å². The summed E-state index contributed by atoms with van der Waals surface area (Å²) in [6.45, 7) is 3.84. The highest BCUT2D eigenvalue weighted by molar-refractivity contribution is 6.16. The Morgan fingerprint density at radius 2 is 1.92 bits per heavy atom. The summed E-state index contributed by atoms with van der Waals surface area (Å²) in [5.41, 5.74) is 2.89. The van der Waals surface area contributed by atoms with Crippen molar-refractivity contribution in [3.63, 3.8) is 0 Å². The van der Waals surface area contributed by atoms with Crippen molar-refractivity contribution in [2.24, 2.45) is 10.9 Å². The lowest BCUT2D eigenvalue weighted by atomic mass is 9.81. The molecule has 0 saturated carbocycles. The SMILES string of the molecule is CCC1=NC(=O)NC(c2cccc(O)c2)C1C(=O)c1ccc(C)cc1. The van der Waals surface area contributed by atoms with Gasteiger partial charge in [-0.15, -0.1) is 0 Å². The van der Waals surface area contributed by atoms with E-state index in [0.29, 0.717) is 23.3 Å². The number of urea groups is 1. The molecule has 2 unspecified atom stereocenters. The molecule has 128 valence electrons. The number of nitrogens with zero attached hydrogens (tertiary/aromatic N) is 1. The predicted molar refractivity (Wildman–Crippen MR) is 96.1 cm³/mol. The van der Waals surface area contributed by atoms with Crippen LogP contribution < -0.4 is 5.32 Å². The van der Waals surface area contributed by atoms with E-state index in [0.717, 1.165) is 5.56 Å². The number of carbonyl (C=O) groups excluding carboxylic acids is 2. The zero-order chi connectivity index (χ0) is 18.0. The Bertz CT molecular complexity index is 840. The van der Waals surface area contributed by atoms with Crippen LogP contribution in [-0.2, 0) is 0 Å². The van der Waals surface area contributed by atoms with Gasteiger partial charge in [0.05, 0.1) is 12.0 Å². The second-order valence-electron chi connectivity index (χ2n) is 6.19. The summed E-state index contributed by atoms with van der Waals surface area (Å²) in [6, 6.07) is 13.0. The maximum atomic E-state index is 13.2. The van der Waals surface area contributed by atoms with Crippen LogP contribution in [0.5, 0.6) is 5.75 Å². The van der Waals surface area contributed by atoms with E-state index in [1.807, 2.05) is 26.0 Å². The predicted octanol–water partition coefficient (Wildman–Crippen LogP) is 3.82. The highest BCUT2D eigenvalue weighted by atomic mass is 16.3. The zero-order valence-electron chi connectivity index (χ0n) is 14.2. The fraction of sp³-hybridized carbons (Fsp3) is 0.250. The minimum atomic E-state index is -0.591. The van der Waals surface area contributed by atoms with Gasteiger partial charge in [-0.2, -0.15) is 0 Å². The molecule has 5 heteroatoms. The summed E-state index contributed by atoms with van der Waals surface area (Å²) < 4.78 is 0. The third-order valence-corrected chi connectivity index (χ3v) is 4.43. The molecule has 0 bridgehead atoms. The van der Waals surface area contributed by atoms with Crippen LogP contribution in [0.1, 0.15) is 40.9 Å². The molecule has 2 N–H and O–H groups in total. The van der Waals surface area contributed by atoms with Crippen molar-refractivity contribution in [3.8, 4) is 5.75 Å². The Balaban J connectivity index is 2.06. The van der Waals surface area contributed by atoms with E-state index in [-0.39, 0.29) is 11.5 Å². The van der Waals surface area contributed by atoms with Gasteiger partial charge in [-0.05, 0) is 31.0 Å². The molecule has 5 nitrogen and oxygen atoms in total. The minimum absolute atomic E-state index is 0.0889. The molecule has 0 aromatic heterocycles. The number of Topliss-reactive ketones (excluding diaryl/α,β-unsaturated/α-hetero) is 1. The Morgan fingerprint density at radius 3 is 2.56 bits per heavy atom. The molecule has 0 spiro atoms. The average molecular weight is 336 g/mol. The number of nitrogens with one attached hydrogen (secondary N) is 1. The monoisotopic (exact) mass is 336 g/mol. The number of aryl methyl sites for hydroxylation is 1. The molecular weight excluding hydrogens is 316 g/mol. The Morgan fingerprint density at radius 1 is 1.20 bits per heavy atom. The number of phenolic OH excluding ortho intramolecular Hbond substituents is 1. The van der Waals surface area contributed by atoms with Gasteiger partial charge in [-0.3, -0.25) is 4.79 Å². The van der Waals surface area contributed by atoms with E-state index in [2.05, 4.69) is 10.3 Å². The maximum absolute atomic E-state index is 13.2. The quantitative estimate of drug-likeness (QED) is 0.833. The van der Waals surface area contributed by atoms with Crippen molar-refractivity contribution in [1.82, 2.24) is 5.32 Å². The molecule has 3 rings (SSSR count). The van der Waals surface area contributed by atoms with Crippen molar-refractivity contribution >= 4 is 17.5 Å². The molecule has 2 aromatic carbocycles. The smallest absolute Gasteiger partial charge is 0.341 e. The van der Waals surface area contributed by atoms with E-state index >= 15 is 0 Å². The number of aromatic hydroxyl groups is 1. The van der Waals surface area contributed by atoms with Gasteiger partial charge >= 0.3 is 6.03 Å². The first kappa shape index (κ1) is 16.9. The van der Waals surface area contributed by atoms with E-state index < -0.39 is 18.0 Å². The van der Waals surface area contributed by atoms with Crippen molar-refractivity contribution < 1.29 is 14.7 Å². The van der Waals surface area contributed by atoms with Crippen LogP contribution >= 0.6 is 0 Å². The lowest BCUT2D eigenvalue weighted by molar-refractivity contribution is 0.0932. The molecule has 0 saturated heterocycles. The molecule has 0 radical (unpaired) electrons. The van der Waals surface area contributed by atoms with Crippen molar-refractivity contribution in [1.29, 1.82) is 0 Å². The number of benzene rings is 2. The lowest BCUT2D eigenvalue weighted by Gasteiger charge is -2.31. The van der Waals surface area contributed by atoms with Gasteiger partial charge in [-0.1, -0.05) is 48.9 Å². The fourth-order valence-corrected chi connectivity index (χ4v) is 3.13. The Labute approximate surface area is 146 Å². The van der Waals surface area contributed by atoms with Crippen LogP contribution in [0.15, 0.2) is 53.5 Å². The van der Waals surface area contributed by atoms with Crippen molar-refractivity contribution in [3.05, 3.63) is 65.2 Å². The number of hydrogen-bond donors (Lipinski definition) is 2. The average Bonchev–Trinajstić information content (AvgIpc) is 2.61. The van der Waals surface area contributed by atoms with E-state index in [4.69, 9.17) is 0 Å². The molecule has 2 aromatic rings. The molecule has 25 heavy (non-hydrogen) atoms. The van der Waals surface area contributed by atoms with Crippen molar-refractivity contribution in [2.75, 3.05) is 0 Å². The zero-order valence-corrected chi connectivity index (χ0v) is 14.2. The van der Waals surface area contributed by atoms with E-state index in [1.54, 1.807) is 36.4 Å². The third kappa shape index (κ3) is 3.45. The first-order chi connectivity index (χ1) is 12.0. The standard InChI is InChI=1S/C20H20N2O3/c1-3-16-17(19(24)13-9-7-12(2)8-10-13)18(22-20(25)21-16)14-5-4-6-15(23)11-14/h4-11,17-18,23H,3H2,1-2H3,(H,22,25). The first-order valence-corrected chi connectivity index (χ1v) is 8.27. The second-order valence-corrected chi connectivity index (χ2v) is 6.19. The van der Waals surface area contributed by atoms with Crippen molar-refractivity contribution in [2.45, 2.75) is 26.3 Å². The molecule has 0 fully saturated rings. The summed E-state index contributed by atoms with van der Waals surface area (Å²) in [4.78, 5) is 29.2. The maximum Gasteiger partial charge on any atom is 0.341 e. The van der Waals surface area contributed by atoms with Gasteiger partial charge < -0.3 is 10.4 Å². The number of amides is 2. The molecule has 1 heterocycles. The van der Waals surface area contributed by atoms with Gasteiger partial charge in [0.25, 0.3) is 0 Å². The normalized spacial score (nSPS) is 19.9. The van der Waals surface area contributed by atoms with E-state index in [9.17, 15) is 14.7 Å². The number of hydrogen-bond acceptors (Lipinski definition) is 3. The number of phenols is 1. The summed E-state index contributed by atoms with van der Waals surface area (Å²) in [6.07, 6.45) is 0.505. The molecule has 0 aliphatic carbocycles. The summed E-state index contributed by atoms with van der Waals surface area (Å²) in [7, 11) is 0. The fourth-order valence-electron chi connectivity index (χ4n) is 3.13. The largest absolute Gasteiger partial charge is 0.508 e. The van der Waals surface area contributed by atoms with Crippen LogP contribution in [0.2, 0.25) is 0 Å². The Kier molecular flexibility index (Phi) is 4.65. The summed E-state index contributed by atoms with van der Waals surface area (Å²) in [5, 5.41) is 12.6. The molecule has 2 amide bonds. The molecular formula is C20H20N2O3. The van der Waals surface area contributed by atoms with Gasteiger partial charge in [0.2, 0.25) is 0 Å². The third-order valence-electron chi connectivity index (χ3n) is 4.43. The van der Waals surface area contributed by atoms with Gasteiger partial charge in [0.1, 0.15) is 5.75 Å². The summed E-state index contributed by atoms with van der Waals surface area (Å²) in [5.74, 6) is -0.588. The number of aliphatic imine (C=N–C) groups is 1. The first-order valence-electron chi connectivity index (χ1n) is 8.27. The minimum Gasteiger partial charge on any atom is -0.508 e. The summed E-state index contributed by atoms with van der Waals surface area (Å²) >= 11 is 0. The highest BCUT2D eigenvalue weighted by Gasteiger charge is 2.38. The van der Waals surface area contributed by atoms with Crippen LogP contribution in [-0.4, -0.2) is 22.6 Å². The lowest BCUT2D eigenvalue weighted by Crippen LogP contribution is -2.44. The molecule has 2 atom stereocenters. The number of carbonyl (C=O) groups is 2. The van der Waals surface area contributed by atoms with Crippen LogP contribution in [0.4, 0.5) is 4.79 Å². The van der Waals surface area contributed by atoms with Gasteiger partial charge in [0, 0.05) is 11.3 Å². The molecule has 1 aliphatic heterocycles. The number of rotatable bonds is 4. The van der Waals surface area contributed by atoms with Gasteiger partial charge in [0.15, 0.2) is 5.78 Å². The molecule has 1 aliphatic rings. The van der Waals surface area contributed by atoms with Crippen LogP contribution in [0.3, 0.4) is 0 Å².